The molecule has 0 aliphatic rings. The summed E-state index contributed by atoms with van der Waals surface area (Å²) in [6, 6.07) is 4.65. The third-order valence-corrected chi connectivity index (χ3v) is 3.23. The summed E-state index contributed by atoms with van der Waals surface area (Å²) in [4.78, 5) is 10.7. The Morgan fingerprint density at radius 3 is 2.45 bits per heavy atom. The van der Waals surface area contributed by atoms with Gasteiger partial charge in [0, 0.05) is 11.6 Å². The van der Waals surface area contributed by atoms with E-state index in [0.717, 1.165) is 5.56 Å². The first-order valence-electron chi connectivity index (χ1n) is 6.50. The van der Waals surface area contributed by atoms with E-state index in [1.54, 1.807) is 6.07 Å². The number of benzene rings is 1. The number of aliphatic hydroxyl groups excluding tert-OH is 1. The average molecular weight is 281 g/mol. The molecule has 0 spiro atoms. The molecular weight excluding hydrogens is 258 g/mol. The van der Waals surface area contributed by atoms with Crippen LogP contribution in [-0.4, -0.2) is 29.3 Å². The van der Waals surface area contributed by atoms with E-state index in [1.165, 1.54) is 7.11 Å². The molecule has 0 saturated carbocycles. The Morgan fingerprint density at radius 2 is 2.00 bits per heavy atom. The molecule has 1 rings (SSSR count). The van der Waals surface area contributed by atoms with Gasteiger partial charge in [-0.15, -0.1) is 0 Å². The molecule has 0 aromatic heterocycles. The number of rotatable bonds is 5. The highest BCUT2D eigenvalue weighted by Crippen LogP contribution is 2.32. The van der Waals surface area contributed by atoms with Gasteiger partial charge in [-0.2, -0.15) is 0 Å². The van der Waals surface area contributed by atoms with E-state index in [4.69, 9.17) is 15.6 Å². The van der Waals surface area contributed by atoms with Crippen LogP contribution in [-0.2, 0) is 10.2 Å². The number of carbonyl (C=O) groups is 1. The standard InChI is InChI=1S/C15H23NO4/c1-15(2,3)9-5-6-12(20-4)10(7-9)14(19)11(16)8-13(17)18/h5-7,11,14,19H,8,16H2,1-4H3,(H,17,18). The summed E-state index contributed by atoms with van der Waals surface area (Å²) in [5, 5.41) is 19.0. The number of aliphatic carboxylic acids is 1. The topological polar surface area (TPSA) is 92.8 Å². The van der Waals surface area contributed by atoms with Crippen molar-refractivity contribution < 1.29 is 19.7 Å². The largest absolute Gasteiger partial charge is 0.496 e. The van der Waals surface area contributed by atoms with Crippen LogP contribution in [0.15, 0.2) is 18.2 Å². The minimum Gasteiger partial charge on any atom is -0.496 e. The first kappa shape index (κ1) is 16.5. The predicted octanol–water partition coefficient (Wildman–Crippen LogP) is 1.83. The van der Waals surface area contributed by atoms with Gasteiger partial charge >= 0.3 is 5.97 Å². The van der Waals surface area contributed by atoms with Gasteiger partial charge in [0.25, 0.3) is 0 Å². The summed E-state index contributed by atoms with van der Waals surface area (Å²) in [5.74, 6) is -0.533. The van der Waals surface area contributed by atoms with Crippen LogP contribution in [0.25, 0.3) is 0 Å². The second-order valence-electron chi connectivity index (χ2n) is 5.91. The van der Waals surface area contributed by atoms with Crippen LogP contribution in [0.5, 0.6) is 5.75 Å². The third-order valence-electron chi connectivity index (χ3n) is 3.23. The van der Waals surface area contributed by atoms with E-state index >= 15 is 0 Å². The maximum atomic E-state index is 10.7. The SMILES string of the molecule is COc1ccc(C(C)(C)C)cc1C(O)C(N)CC(=O)O. The van der Waals surface area contributed by atoms with E-state index in [-0.39, 0.29) is 11.8 Å². The molecule has 0 amide bonds. The van der Waals surface area contributed by atoms with Crippen molar-refractivity contribution in [3.63, 3.8) is 0 Å². The minimum absolute atomic E-state index is 0.0857. The van der Waals surface area contributed by atoms with Crippen molar-refractivity contribution in [1.82, 2.24) is 0 Å². The number of aliphatic hydroxyl groups is 1. The summed E-state index contributed by atoms with van der Waals surface area (Å²) < 4.78 is 5.23. The average Bonchev–Trinajstić information content (AvgIpc) is 2.35. The number of carboxylic acid groups (broad SMARTS) is 1. The zero-order valence-electron chi connectivity index (χ0n) is 12.4. The number of nitrogens with two attached hydrogens (primary N) is 1. The first-order chi connectivity index (χ1) is 9.16. The molecule has 1 aromatic carbocycles. The predicted molar refractivity (Wildman–Crippen MR) is 76.9 cm³/mol. The minimum atomic E-state index is -1.08. The molecule has 0 heterocycles. The molecule has 0 fully saturated rings. The molecular formula is C15H23NO4. The summed E-state index contributed by atoms with van der Waals surface area (Å²) in [5.41, 5.74) is 7.21. The number of carboxylic acids is 1. The van der Waals surface area contributed by atoms with Crippen molar-refractivity contribution in [2.45, 2.75) is 44.8 Å². The maximum absolute atomic E-state index is 10.7. The van der Waals surface area contributed by atoms with Crippen molar-refractivity contribution >= 4 is 5.97 Å². The highest BCUT2D eigenvalue weighted by atomic mass is 16.5. The lowest BCUT2D eigenvalue weighted by atomic mass is 9.84. The Balaban J connectivity index is 3.16. The summed E-state index contributed by atoms with van der Waals surface area (Å²) in [6.45, 7) is 6.17. The molecule has 4 N–H and O–H groups in total. The van der Waals surface area contributed by atoms with Gasteiger partial charge in [0.1, 0.15) is 5.75 Å². The molecule has 2 atom stereocenters. The van der Waals surface area contributed by atoms with Crippen molar-refractivity contribution in [2.75, 3.05) is 7.11 Å². The van der Waals surface area contributed by atoms with Crippen LogP contribution in [0.1, 0.15) is 44.4 Å². The molecule has 0 bridgehead atoms. The van der Waals surface area contributed by atoms with Gasteiger partial charge in [0.2, 0.25) is 0 Å². The Bertz CT molecular complexity index is 479. The Kier molecular flexibility index (Phi) is 5.14. The second-order valence-corrected chi connectivity index (χ2v) is 5.91. The van der Waals surface area contributed by atoms with Crippen molar-refractivity contribution in [3.8, 4) is 5.75 Å². The van der Waals surface area contributed by atoms with Crippen molar-refractivity contribution in [3.05, 3.63) is 29.3 Å². The first-order valence-corrected chi connectivity index (χ1v) is 6.50. The van der Waals surface area contributed by atoms with Gasteiger partial charge in [-0.3, -0.25) is 4.79 Å². The molecule has 112 valence electrons. The zero-order chi connectivity index (χ0) is 15.5. The highest BCUT2D eigenvalue weighted by molar-refractivity contribution is 5.67. The molecule has 0 aliphatic carbocycles. The van der Waals surface area contributed by atoms with Crippen molar-refractivity contribution in [2.24, 2.45) is 5.73 Å². The van der Waals surface area contributed by atoms with Gasteiger partial charge in [0.05, 0.1) is 19.6 Å². The van der Waals surface area contributed by atoms with Crippen LogP contribution in [0, 0.1) is 0 Å². The van der Waals surface area contributed by atoms with Crippen LogP contribution in [0.4, 0.5) is 0 Å². The van der Waals surface area contributed by atoms with Gasteiger partial charge in [-0.1, -0.05) is 26.8 Å². The second kappa shape index (κ2) is 6.24. The fourth-order valence-electron chi connectivity index (χ4n) is 1.98. The van der Waals surface area contributed by atoms with Gasteiger partial charge in [-0.25, -0.2) is 0 Å². The normalized spacial score (nSPS) is 14.7. The Labute approximate surface area is 119 Å². The lowest BCUT2D eigenvalue weighted by molar-refractivity contribution is -0.138. The summed E-state index contributed by atoms with van der Waals surface area (Å²) in [7, 11) is 1.50. The molecule has 0 saturated heterocycles. The number of hydrogen-bond acceptors (Lipinski definition) is 4. The molecule has 20 heavy (non-hydrogen) atoms. The monoisotopic (exact) mass is 281 g/mol. The lowest BCUT2D eigenvalue weighted by Gasteiger charge is -2.24. The third kappa shape index (κ3) is 3.95. The van der Waals surface area contributed by atoms with E-state index in [9.17, 15) is 9.90 Å². The molecule has 0 aliphatic heterocycles. The van der Waals surface area contributed by atoms with E-state index in [0.29, 0.717) is 11.3 Å². The van der Waals surface area contributed by atoms with Crippen LogP contribution in [0.3, 0.4) is 0 Å². The lowest BCUT2D eigenvalue weighted by Crippen LogP contribution is -2.31. The number of methoxy groups -OCH3 is 1. The van der Waals surface area contributed by atoms with Crippen molar-refractivity contribution in [1.29, 1.82) is 0 Å². The smallest absolute Gasteiger partial charge is 0.305 e. The van der Waals surface area contributed by atoms with Gasteiger partial charge in [0.15, 0.2) is 0 Å². The zero-order valence-corrected chi connectivity index (χ0v) is 12.4. The summed E-state index contributed by atoms with van der Waals surface area (Å²) >= 11 is 0. The fraction of sp³-hybridized carbons (Fsp3) is 0.533. The fourth-order valence-corrected chi connectivity index (χ4v) is 1.98. The van der Waals surface area contributed by atoms with E-state index < -0.39 is 18.1 Å². The molecule has 1 aromatic rings. The van der Waals surface area contributed by atoms with Gasteiger partial charge < -0.3 is 20.7 Å². The highest BCUT2D eigenvalue weighted by Gasteiger charge is 2.25. The van der Waals surface area contributed by atoms with E-state index in [1.807, 2.05) is 12.1 Å². The maximum Gasteiger partial charge on any atom is 0.305 e. The van der Waals surface area contributed by atoms with Crippen LogP contribution < -0.4 is 10.5 Å². The Hall–Kier alpha value is -1.59. The molecule has 5 heteroatoms. The number of ether oxygens (including phenoxy) is 1. The quantitative estimate of drug-likeness (QED) is 0.765. The number of hydrogen-bond donors (Lipinski definition) is 3. The van der Waals surface area contributed by atoms with Crippen LogP contribution in [0.2, 0.25) is 0 Å². The van der Waals surface area contributed by atoms with Gasteiger partial charge in [-0.05, 0) is 23.1 Å². The molecule has 0 radical (unpaired) electrons. The van der Waals surface area contributed by atoms with Crippen LogP contribution >= 0.6 is 0 Å². The molecule has 2 unspecified atom stereocenters. The summed E-state index contributed by atoms with van der Waals surface area (Å²) in [6.07, 6.45) is -1.38. The van der Waals surface area contributed by atoms with E-state index in [2.05, 4.69) is 20.8 Å². The molecule has 5 nitrogen and oxygen atoms in total. The Morgan fingerprint density at radius 1 is 1.40 bits per heavy atom.